The summed E-state index contributed by atoms with van der Waals surface area (Å²) in [6.07, 6.45) is 0.936. The molecule has 7 nitrogen and oxygen atoms in total. The standard InChI is InChI=1S/C21H21N3O4/c1-13-22-18(10-20(25)23-13)14-8-9-24(11-14)12-15-6-7-19(28-15)16-4-2-3-5-17(16)21(26)27/h2-7,10,14H,8-9,11-12H2,1H3,(H,26,27)(H,22,23,25)/t14-/m0/s1. The molecular weight excluding hydrogens is 358 g/mol. The molecule has 0 unspecified atom stereocenters. The normalized spacial score (nSPS) is 17.1. The number of hydrogen-bond acceptors (Lipinski definition) is 5. The Morgan fingerprint density at radius 2 is 2.14 bits per heavy atom. The Bertz CT molecular complexity index is 1070. The third kappa shape index (κ3) is 3.75. The molecule has 3 heterocycles. The van der Waals surface area contributed by atoms with Gasteiger partial charge in [0.05, 0.1) is 17.8 Å². The van der Waals surface area contributed by atoms with E-state index in [1.165, 1.54) is 0 Å². The molecular formula is C21H21N3O4. The number of carbonyl (C=O) groups is 1. The van der Waals surface area contributed by atoms with E-state index in [1.807, 2.05) is 12.1 Å². The number of carboxylic acid groups (broad SMARTS) is 1. The molecule has 0 amide bonds. The molecule has 28 heavy (non-hydrogen) atoms. The van der Waals surface area contributed by atoms with E-state index >= 15 is 0 Å². The Labute approximate surface area is 161 Å². The number of aromatic amines is 1. The lowest BCUT2D eigenvalue weighted by molar-refractivity contribution is 0.0697. The highest BCUT2D eigenvalue weighted by Crippen LogP contribution is 2.29. The van der Waals surface area contributed by atoms with Gasteiger partial charge in [-0.15, -0.1) is 0 Å². The van der Waals surface area contributed by atoms with Crippen molar-refractivity contribution in [3.63, 3.8) is 0 Å². The molecule has 1 fully saturated rings. The molecule has 144 valence electrons. The Hall–Kier alpha value is -3.19. The van der Waals surface area contributed by atoms with Gasteiger partial charge in [-0.25, -0.2) is 9.78 Å². The van der Waals surface area contributed by atoms with Gasteiger partial charge in [0.25, 0.3) is 5.56 Å². The molecule has 0 aliphatic carbocycles. The summed E-state index contributed by atoms with van der Waals surface area (Å²) in [4.78, 5) is 32.5. The topological polar surface area (TPSA) is 99.4 Å². The summed E-state index contributed by atoms with van der Waals surface area (Å²) in [5.41, 5.74) is 1.51. The Morgan fingerprint density at radius 3 is 2.93 bits per heavy atom. The number of benzene rings is 1. The molecule has 1 aliphatic rings. The van der Waals surface area contributed by atoms with Gasteiger partial charge in [-0.1, -0.05) is 18.2 Å². The molecule has 1 atom stereocenters. The third-order valence-corrected chi connectivity index (χ3v) is 5.03. The average molecular weight is 379 g/mol. The zero-order valence-electron chi connectivity index (χ0n) is 15.5. The Morgan fingerprint density at radius 1 is 1.32 bits per heavy atom. The maximum absolute atomic E-state index is 11.7. The smallest absolute Gasteiger partial charge is 0.336 e. The highest BCUT2D eigenvalue weighted by molar-refractivity contribution is 5.95. The Balaban J connectivity index is 1.47. The number of rotatable bonds is 5. The third-order valence-electron chi connectivity index (χ3n) is 5.03. The fourth-order valence-corrected chi connectivity index (χ4v) is 3.74. The highest BCUT2D eigenvalue weighted by Gasteiger charge is 2.26. The minimum atomic E-state index is -0.975. The second-order valence-corrected chi connectivity index (χ2v) is 7.09. The monoisotopic (exact) mass is 379 g/mol. The number of aromatic nitrogens is 2. The van der Waals surface area contributed by atoms with Gasteiger partial charge < -0.3 is 14.5 Å². The van der Waals surface area contributed by atoms with Crippen LogP contribution in [0.15, 0.2) is 51.7 Å². The van der Waals surface area contributed by atoms with Crippen LogP contribution in [-0.4, -0.2) is 39.0 Å². The van der Waals surface area contributed by atoms with E-state index in [-0.39, 0.29) is 17.0 Å². The van der Waals surface area contributed by atoms with E-state index < -0.39 is 5.97 Å². The van der Waals surface area contributed by atoms with Crippen molar-refractivity contribution in [2.75, 3.05) is 13.1 Å². The minimum Gasteiger partial charge on any atom is -0.478 e. The van der Waals surface area contributed by atoms with Gasteiger partial charge in [-0.2, -0.15) is 0 Å². The summed E-state index contributed by atoms with van der Waals surface area (Å²) in [6, 6.07) is 12.1. The van der Waals surface area contributed by atoms with Gasteiger partial charge in [0.1, 0.15) is 17.3 Å². The first-order chi connectivity index (χ1) is 13.5. The highest BCUT2D eigenvalue weighted by atomic mass is 16.4. The van der Waals surface area contributed by atoms with Gasteiger partial charge >= 0.3 is 5.97 Å². The summed E-state index contributed by atoms with van der Waals surface area (Å²) < 4.78 is 5.93. The number of furan rings is 1. The number of likely N-dealkylation sites (tertiary alicyclic amines) is 1. The van der Waals surface area contributed by atoms with E-state index in [9.17, 15) is 14.7 Å². The van der Waals surface area contributed by atoms with Crippen molar-refractivity contribution in [3.05, 3.63) is 75.7 Å². The lowest BCUT2D eigenvalue weighted by Crippen LogP contribution is -2.20. The molecule has 1 saturated heterocycles. The maximum atomic E-state index is 11.7. The summed E-state index contributed by atoms with van der Waals surface area (Å²) in [6.45, 7) is 4.11. The van der Waals surface area contributed by atoms with Crippen molar-refractivity contribution in [2.45, 2.75) is 25.8 Å². The quantitative estimate of drug-likeness (QED) is 0.707. The van der Waals surface area contributed by atoms with Crippen molar-refractivity contribution in [1.29, 1.82) is 0 Å². The number of carboxylic acids is 1. The lowest BCUT2D eigenvalue weighted by Gasteiger charge is -2.14. The van der Waals surface area contributed by atoms with Crippen LogP contribution in [0, 0.1) is 6.92 Å². The Kier molecular flexibility index (Phi) is 4.83. The number of aromatic carboxylic acids is 1. The first-order valence-corrected chi connectivity index (χ1v) is 9.21. The van der Waals surface area contributed by atoms with Crippen LogP contribution in [0.25, 0.3) is 11.3 Å². The molecule has 0 bridgehead atoms. The van der Waals surface area contributed by atoms with Crippen molar-refractivity contribution in [2.24, 2.45) is 0 Å². The predicted octanol–water partition coefficient (Wildman–Crippen LogP) is 3.03. The molecule has 0 spiro atoms. The van der Waals surface area contributed by atoms with Gasteiger partial charge in [0.2, 0.25) is 0 Å². The number of H-pyrrole nitrogens is 1. The van der Waals surface area contributed by atoms with Crippen LogP contribution >= 0.6 is 0 Å². The van der Waals surface area contributed by atoms with Crippen molar-refractivity contribution < 1.29 is 14.3 Å². The summed E-state index contributed by atoms with van der Waals surface area (Å²) in [5.74, 6) is 1.22. The van der Waals surface area contributed by atoms with Crippen molar-refractivity contribution in [1.82, 2.24) is 14.9 Å². The van der Waals surface area contributed by atoms with Crippen molar-refractivity contribution in [3.8, 4) is 11.3 Å². The molecule has 1 aromatic carbocycles. The molecule has 7 heteroatoms. The first-order valence-electron chi connectivity index (χ1n) is 9.21. The molecule has 2 N–H and O–H groups in total. The SMILES string of the molecule is Cc1nc([C@H]2CCN(Cc3ccc(-c4ccccc4C(=O)O)o3)C2)cc(=O)[nH]1. The summed E-state index contributed by atoms with van der Waals surface area (Å²) in [7, 11) is 0. The van der Waals surface area contributed by atoms with E-state index in [1.54, 1.807) is 37.3 Å². The fourth-order valence-electron chi connectivity index (χ4n) is 3.74. The largest absolute Gasteiger partial charge is 0.478 e. The molecule has 4 rings (SSSR count). The minimum absolute atomic E-state index is 0.117. The number of aryl methyl sites for hydroxylation is 1. The number of nitrogens with one attached hydrogen (secondary N) is 1. The second-order valence-electron chi connectivity index (χ2n) is 7.09. The van der Waals surface area contributed by atoms with Crippen LogP contribution in [0.2, 0.25) is 0 Å². The van der Waals surface area contributed by atoms with Crippen LogP contribution in [0.5, 0.6) is 0 Å². The van der Waals surface area contributed by atoms with Crippen LogP contribution < -0.4 is 5.56 Å². The fraction of sp³-hybridized carbons (Fsp3) is 0.286. The molecule has 0 radical (unpaired) electrons. The average Bonchev–Trinajstić information content (AvgIpc) is 3.31. The van der Waals surface area contributed by atoms with Gasteiger partial charge in [-0.3, -0.25) is 9.69 Å². The summed E-state index contributed by atoms with van der Waals surface area (Å²) >= 11 is 0. The molecule has 0 saturated carbocycles. The first kappa shape index (κ1) is 18.2. The number of hydrogen-bond donors (Lipinski definition) is 2. The van der Waals surface area contributed by atoms with Gasteiger partial charge in [0.15, 0.2) is 0 Å². The molecule has 3 aromatic rings. The second kappa shape index (κ2) is 7.44. The summed E-state index contributed by atoms with van der Waals surface area (Å²) in [5, 5.41) is 9.36. The van der Waals surface area contributed by atoms with Crippen molar-refractivity contribution >= 4 is 5.97 Å². The van der Waals surface area contributed by atoms with E-state index in [4.69, 9.17) is 4.42 Å². The van der Waals surface area contributed by atoms with Crippen LogP contribution in [0.1, 0.15) is 40.0 Å². The number of nitrogens with zero attached hydrogens (tertiary/aromatic N) is 2. The van der Waals surface area contributed by atoms with Crippen LogP contribution in [0.3, 0.4) is 0 Å². The van der Waals surface area contributed by atoms with Crippen LogP contribution in [0.4, 0.5) is 0 Å². The van der Waals surface area contributed by atoms with E-state index in [2.05, 4.69) is 14.9 Å². The molecule has 2 aromatic heterocycles. The maximum Gasteiger partial charge on any atom is 0.336 e. The predicted molar refractivity (Wildman–Crippen MR) is 103 cm³/mol. The molecule has 1 aliphatic heterocycles. The zero-order valence-corrected chi connectivity index (χ0v) is 15.5. The van der Waals surface area contributed by atoms with Crippen LogP contribution in [-0.2, 0) is 6.54 Å². The zero-order chi connectivity index (χ0) is 19.7. The van der Waals surface area contributed by atoms with E-state index in [0.29, 0.717) is 23.7 Å². The van der Waals surface area contributed by atoms with E-state index in [0.717, 1.165) is 31.0 Å². The van der Waals surface area contributed by atoms with Gasteiger partial charge in [0, 0.05) is 24.1 Å². The van der Waals surface area contributed by atoms with Gasteiger partial charge in [-0.05, 0) is 38.1 Å². The lowest BCUT2D eigenvalue weighted by atomic mass is 10.0.